The van der Waals surface area contributed by atoms with Gasteiger partial charge in [-0.15, -0.1) is 0 Å². The molecule has 2 nitrogen and oxygen atoms in total. The fraction of sp³-hybridized carbons (Fsp3) is 1.00. The van der Waals surface area contributed by atoms with Gasteiger partial charge in [0.15, 0.2) is 0 Å². The second kappa shape index (κ2) is 3.11. The van der Waals surface area contributed by atoms with E-state index in [-0.39, 0.29) is 0 Å². The van der Waals surface area contributed by atoms with Gasteiger partial charge in [-0.05, 0) is 45.8 Å². The van der Waals surface area contributed by atoms with Crippen molar-refractivity contribution in [3.05, 3.63) is 0 Å². The fourth-order valence-corrected chi connectivity index (χ4v) is 2.20. The minimum Gasteiger partial charge on any atom is -0.313 e. The van der Waals surface area contributed by atoms with Gasteiger partial charge in [-0.25, -0.2) is 0 Å². The number of rotatable bonds is 1. The highest BCUT2D eigenvalue weighted by molar-refractivity contribution is 4.88. The Labute approximate surface area is 69.0 Å². The zero-order valence-corrected chi connectivity index (χ0v) is 7.34. The molecule has 2 saturated heterocycles. The first-order chi connectivity index (χ1) is 5.38. The molecule has 0 bridgehead atoms. The van der Waals surface area contributed by atoms with E-state index in [1.54, 1.807) is 0 Å². The Morgan fingerprint density at radius 3 is 2.64 bits per heavy atom. The molecule has 2 aliphatic heterocycles. The predicted molar refractivity (Wildman–Crippen MR) is 46.7 cm³/mol. The maximum atomic E-state index is 3.54. The van der Waals surface area contributed by atoms with Gasteiger partial charge in [-0.3, -0.25) is 4.90 Å². The van der Waals surface area contributed by atoms with Crippen LogP contribution in [0.2, 0.25) is 0 Å². The Hall–Kier alpha value is -0.0800. The molecule has 0 aromatic heterocycles. The Bertz CT molecular complexity index is 130. The number of nitrogens with zero attached hydrogens (tertiary/aromatic N) is 1. The van der Waals surface area contributed by atoms with E-state index in [0.29, 0.717) is 0 Å². The molecule has 2 heteroatoms. The average Bonchev–Trinajstić information content (AvgIpc) is 1.90. The van der Waals surface area contributed by atoms with E-state index < -0.39 is 0 Å². The largest absolute Gasteiger partial charge is 0.313 e. The minimum atomic E-state index is 0.726. The van der Waals surface area contributed by atoms with Crippen LogP contribution in [0.15, 0.2) is 0 Å². The molecule has 2 rings (SSSR count). The number of hydrogen-bond donors (Lipinski definition) is 1. The monoisotopic (exact) mass is 154 g/mol. The molecular weight excluding hydrogens is 136 g/mol. The molecule has 64 valence electrons. The van der Waals surface area contributed by atoms with Gasteiger partial charge < -0.3 is 5.32 Å². The summed E-state index contributed by atoms with van der Waals surface area (Å²) in [5, 5.41) is 3.54. The standard InChI is InChI=1S/C9H18N2/c1-8-9(4-2-5-10-8)11-6-3-7-11/h8-10H,2-7H2,1H3. The van der Waals surface area contributed by atoms with Crippen LogP contribution in [0.1, 0.15) is 26.2 Å². The molecule has 0 aromatic carbocycles. The van der Waals surface area contributed by atoms with Gasteiger partial charge in [0.1, 0.15) is 0 Å². The van der Waals surface area contributed by atoms with Crippen LogP contribution >= 0.6 is 0 Å². The van der Waals surface area contributed by atoms with E-state index in [4.69, 9.17) is 0 Å². The molecule has 2 aliphatic rings. The quantitative estimate of drug-likeness (QED) is 0.602. The first kappa shape index (κ1) is 7.56. The summed E-state index contributed by atoms with van der Waals surface area (Å²) >= 11 is 0. The molecule has 2 atom stereocenters. The first-order valence-electron chi connectivity index (χ1n) is 4.85. The van der Waals surface area contributed by atoms with Gasteiger partial charge in [-0.2, -0.15) is 0 Å². The molecular formula is C9H18N2. The van der Waals surface area contributed by atoms with E-state index in [1.807, 2.05) is 0 Å². The second-order valence-electron chi connectivity index (χ2n) is 3.84. The first-order valence-corrected chi connectivity index (χ1v) is 4.85. The van der Waals surface area contributed by atoms with E-state index in [9.17, 15) is 0 Å². The molecule has 0 amide bonds. The van der Waals surface area contributed by atoms with Crippen molar-refractivity contribution in [2.45, 2.75) is 38.3 Å². The summed E-state index contributed by atoms with van der Waals surface area (Å²) in [5.41, 5.74) is 0. The van der Waals surface area contributed by atoms with Crippen LogP contribution in [0, 0.1) is 0 Å². The number of hydrogen-bond acceptors (Lipinski definition) is 2. The third kappa shape index (κ3) is 1.42. The van der Waals surface area contributed by atoms with E-state index in [2.05, 4.69) is 17.1 Å². The van der Waals surface area contributed by atoms with E-state index >= 15 is 0 Å². The van der Waals surface area contributed by atoms with Gasteiger partial charge in [0.25, 0.3) is 0 Å². The van der Waals surface area contributed by atoms with Gasteiger partial charge in [0, 0.05) is 12.1 Å². The summed E-state index contributed by atoms with van der Waals surface area (Å²) in [4.78, 5) is 2.62. The molecule has 0 radical (unpaired) electrons. The summed E-state index contributed by atoms with van der Waals surface area (Å²) in [6, 6.07) is 1.57. The highest BCUT2D eigenvalue weighted by Gasteiger charge is 2.29. The average molecular weight is 154 g/mol. The molecule has 2 fully saturated rings. The molecule has 1 N–H and O–H groups in total. The van der Waals surface area contributed by atoms with Crippen molar-refractivity contribution < 1.29 is 0 Å². The van der Waals surface area contributed by atoms with Crippen LogP contribution in [-0.2, 0) is 0 Å². The van der Waals surface area contributed by atoms with Gasteiger partial charge >= 0.3 is 0 Å². The lowest BCUT2D eigenvalue weighted by atomic mass is 9.95. The van der Waals surface area contributed by atoms with Crippen molar-refractivity contribution in [3.8, 4) is 0 Å². The highest BCUT2D eigenvalue weighted by atomic mass is 15.2. The lowest BCUT2D eigenvalue weighted by molar-refractivity contribution is 0.0751. The Balaban J connectivity index is 1.88. The Kier molecular flexibility index (Phi) is 2.14. The van der Waals surface area contributed by atoms with Crippen LogP contribution in [0.25, 0.3) is 0 Å². The maximum absolute atomic E-state index is 3.54. The van der Waals surface area contributed by atoms with Crippen molar-refractivity contribution >= 4 is 0 Å². The molecule has 0 spiro atoms. The van der Waals surface area contributed by atoms with E-state index in [1.165, 1.54) is 38.9 Å². The Morgan fingerprint density at radius 1 is 1.27 bits per heavy atom. The van der Waals surface area contributed by atoms with Crippen molar-refractivity contribution in [2.24, 2.45) is 0 Å². The highest BCUT2D eigenvalue weighted by Crippen LogP contribution is 2.20. The zero-order valence-electron chi connectivity index (χ0n) is 7.34. The molecule has 0 aliphatic carbocycles. The SMILES string of the molecule is CC1NCCCC1N1CCC1. The fourth-order valence-electron chi connectivity index (χ4n) is 2.20. The number of piperidine rings is 1. The van der Waals surface area contributed by atoms with E-state index in [0.717, 1.165) is 12.1 Å². The van der Waals surface area contributed by atoms with Crippen LogP contribution < -0.4 is 5.32 Å². The number of likely N-dealkylation sites (tertiary alicyclic amines) is 1. The predicted octanol–water partition coefficient (Wildman–Crippen LogP) is 0.833. The van der Waals surface area contributed by atoms with Crippen molar-refractivity contribution in [2.75, 3.05) is 19.6 Å². The molecule has 0 aromatic rings. The van der Waals surface area contributed by atoms with Gasteiger partial charge in [0.2, 0.25) is 0 Å². The Morgan fingerprint density at radius 2 is 2.09 bits per heavy atom. The normalized spacial score (nSPS) is 40.1. The second-order valence-corrected chi connectivity index (χ2v) is 3.84. The van der Waals surface area contributed by atoms with Crippen LogP contribution in [-0.4, -0.2) is 36.6 Å². The lowest BCUT2D eigenvalue weighted by Gasteiger charge is -2.44. The zero-order chi connectivity index (χ0) is 7.68. The van der Waals surface area contributed by atoms with Gasteiger partial charge in [-0.1, -0.05) is 0 Å². The summed E-state index contributed by atoms with van der Waals surface area (Å²) in [6.07, 6.45) is 4.20. The molecule has 0 saturated carbocycles. The number of nitrogens with one attached hydrogen (secondary N) is 1. The van der Waals surface area contributed by atoms with Crippen molar-refractivity contribution in [3.63, 3.8) is 0 Å². The minimum absolute atomic E-state index is 0.726. The molecule has 11 heavy (non-hydrogen) atoms. The smallest absolute Gasteiger partial charge is 0.0247 e. The third-order valence-electron chi connectivity index (χ3n) is 3.08. The molecule has 2 unspecified atom stereocenters. The van der Waals surface area contributed by atoms with Gasteiger partial charge in [0.05, 0.1) is 0 Å². The topological polar surface area (TPSA) is 15.3 Å². The maximum Gasteiger partial charge on any atom is 0.0247 e. The molecule has 2 heterocycles. The lowest BCUT2D eigenvalue weighted by Crippen LogP contribution is -2.56. The van der Waals surface area contributed by atoms with Crippen molar-refractivity contribution in [1.82, 2.24) is 10.2 Å². The van der Waals surface area contributed by atoms with Crippen LogP contribution in [0.4, 0.5) is 0 Å². The summed E-state index contributed by atoms with van der Waals surface area (Å²) < 4.78 is 0. The van der Waals surface area contributed by atoms with Crippen LogP contribution in [0.5, 0.6) is 0 Å². The summed E-state index contributed by atoms with van der Waals surface area (Å²) in [6.45, 7) is 6.24. The summed E-state index contributed by atoms with van der Waals surface area (Å²) in [5.74, 6) is 0. The van der Waals surface area contributed by atoms with Crippen molar-refractivity contribution in [1.29, 1.82) is 0 Å². The van der Waals surface area contributed by atoms with Crippen LogP contribution in [0.3, 0.4) is 0 Å². The third-order valence-corrected chi connectivity index (χ3v) is 3.08. The summed E-state index contributed by atoms with van der Waals surface area (Å²) in [7, 11) is 0.